The van der Waals surface area contributed by atoms with E-state index in [1.54, 1.807) is 0 Å². The normalized spacial score (nSPS) is 19.4. The number of rotatable bonds is 2. The number of hydrogen-bond donors (Lipinski definition) is 3. The van der Waals surface area contributed by atoms with E-state index in [9.17, 15) is 9.59 Å². The van der Waals surface area contributed by atoms with Gasteiger partial charge in [0, 0.05) is 30.3 Å². The molecular formula is C14H23N5O2. The smallest absolute Gasteiger partial charge is 0.314 e. The summed E-state index contributed by atoms with van der Waals surface area (Å²) >= 11 is 0. The summed E-state index contributed by atoms with van der Waals surface area (Å²) in [6, 6.07) is 1.37. The lowest BCUT2D eigenvalue weighted by molar-refractivity contribution is -0.121. The number of aromatic nitrogens is 2. The van der Waals surface area contributed by atoms with Crippen LogP contribution in [-0.4, -0.2) is 40.1 Å². The van der Waals surface area contributed by atoms with Gasteiger partial charge in [-0.25, -0.2) is 4.79 Å². The molecule has 0 bridgehead atoms. The van der Waals surface area contributed by atoms with E-state index >= 15 is 0 Å². The van der Waals surface area contributed by atoms with E-state index in [2.05, 4.69) is 36.3 Å². The fourth-order valence-corrected chi connectivity index (χ4v) is 2.39. The lowest BCUT2D eigenvalue weighted by Crippen LogP contribution is -2.46. The Morgan fingerprint density at radius 2 is 2.19 bits per heavy atom. The molecule has 116 valence electrons. The predicted molar refractivity (Wildman–Crippen MR) is 79.8 cm³/mol. The third-order valence-corrected chi connectivity index (χ3v) is 3.74. The molecule has 0 aromatic carbocycles. The number of carbonyl (C=O) groups excluding carboxylic acids is 2. The minimum Gasteiger partial charge on any atom is -0.351 e. The van der Waals surface area contributed by atoms with Gasteiger partial charge in [-0.2, -0.15) is 5.10 Å². The van der Waals surface area contributed by atoms with Gasteiger partial charge in [-0.15, -0.1) is 0 Å². The van der Waals surface area contributed by atoms with Crippen molar-refractivity contribution in [1.29, 1.82) is 0 Å². The second-order valence-corrected chi connectivity index (χ2v) is 6.53. The summed E-state index contributed by atoms with van der Waals surface area (Å²) < 4.78 is 0. The number of primary amides is 1. The molecule has 4 N–H and O–H groups in total. The summed E-state index contributed by atoms with van der Waals surface area (Å²) in [7, 11) is 0. The molecule has 1 aromatic heterocycles. The van der Waals surface area contributed by atoms with E-state index in [0.29, 0.717) is 18.9 Å². The highest BCUT2D eigenvalue weighted by Crippen LogP contribution is 2.23. The third kappa shape index (κ3) is 3.74. The summed E-state index contributed by atoms with van der Waals surface area (Å²) in [6.07, 6.45) is 1.54. The Morgan fingerprint density at radius 1 is 1.48 bits per heavy atom. The Kier molecular flexibility index (Phi) is 4.20. The lowest BCUT2D eigenvalue weighted by Gasteiger charge is -2.30. The molecule has 1 atom stereocenters. The van der Waals surface area contributed by atoms with Crippen LogP contribution in [0.2, 0.25) is 0 Å². The van der Waals surface area contributed by atoms with Crippen molar-refractivity contribution < 1.29 is 9.59 Å². The molecule has 0 radical (unpaired) electrons. The molecule has 1 fully saturated rings. The number of aromatic amines is 1. The zero-order valence-electron chi connectivity index (χ0n) is 12.8. The van der Waals surface area contributed by atoms with Crippen LogP contribution in [0.25, 0.3) is 0 Å². The van der Waals surface area contributed by atoms with Gasteiger partial charge in [0.25, 0.3) is 0 Å². The SMILES string of the molecule is CC(C)(C)c1cc(NC(=O)C2CCCN(C(N)=O)C2)n[nH]1. The number of piperidine rings is 1. The largest absolute Gasteiger partial charge is 0.351 e. The summed E-state index contributed by atoms with van der Waals surface area (Å²) in [5.74, 6) is 0.162. The highest BCUT2D eigenvalue weighted by molar-refractivity contribution is 5.92. The molecule has 3 amide bonds. The van der Waals surface area contributed by atoms with Crippen LogP contribution in [0.1, 0.15) is 39.3 Å². The Labute approximate surface area is 124 Å². The van der Waals surface area contributed by atoms with Crippen molar-refractivity contribution >= 4 is 17.8 Å². The summed E-state index contributed by atoms with van der Waals surface area (Å²) in [6.45, 7) is 7.20. The standard InChI is InChI=1S/C14H23N5O2/c1-14(2,3)10-7-11(18-17-10)16-12(20)9-5-4-6-19(8-9)13(15)21/h7,9H,4-6,8H2,1-3H3,(H2,15,21)(H2,16,17,18,20). The van der Waals surface area contributed by atoms with Gasteiger partial charge in [-0.05, 0) is 12.8 Å². The third-order valence-electron chi connectivity index (χ3n) is 3.74. The van der Waals surface area contributed by atoms with E-state index in [0.717, 1.165) is 18.5 Å². The van der Waals surface area contributed by atoms with Crippen molar-refractivity contribution in [2.24, 2.45) is 11.7 Å². The molecule has 1 aromatic rings. The first-order valence-electron chi connectivity index (χ1n) is 7.18. The number of hydrogen-bond acceptors (Lipinski definition) is 3. The zero-order valence-corrected chi connectivity index (χ0v) is 12.8. The average molecular weight is 293 g/mol. The Bertz CT molecular complexity index is 532. The highest BCUT2D eigenvalue weighted by Gasteiger charge is 2.28. The van der Waals surface area contributed by atoms with Crippen LogP contribution in [0.4, 0.5) is 10.6 Å². The van der Waals surface area contributed by atoms with Crippen molar-refractivity contribution in [2.45, 2.75) is 39.0 Å². The van der Waals surface area contributed by atoms with Gasteiger partial charge in [-0.1, -0.05) is 20.8 Å². The van der Waals surface area contributed by atoms with Gasteiger partial charge in [0.1, 0.15) is 0 Å². The van der Waals surface area contributed by atoms with Crippen LogP contribution < -0.4 is 11.1 Å². The van der Waals surface area contributed by atoms with Crippen LogP contribution >= 0.6 is 0 Å². The first-order valence-corrected chi connectivity index (χ1v) is 7.18. The number of carbonyl (C=O) groups is 2. The van der Waals surface area contributed by atoms with Crippen molar-refractivity contribution in [1.82, 2.24) is 15.1 Å². The number of nitrogens with one attached hydrogen (secondary N) is 2. The molecule has 2 rings (SSSR count). The Hall–Kier alpha value is -2.05. The summed E-state index contributed by atoms with van der Waals surface area (Å²) in [5.41, 5.74) is 6.18. The number of likely N-dealkylation sites (tertiary alicyclic amines) is 1. The fraction of sp³-hybridized carbons (Fsp3) is 0.643. The van der Waals surface area contributed by atoms with Crippen molar-refractivity contribution in [2.75, 3.05) is 18.4 Å². The number of nitrogens with zero attached hydrogens (tertiary/aromatic N) is 2. The molecule has 0 aliphatic carbocycles. The molecule has 7 heteroatoms. The van der Waals surface area contributed by atoms with E-state index in [-0.39, 0.29) is 17.2 Å². The molecule has 1 unspecified atom stereocenters. The number of anilines is 1. The van der Waals surface area contributed by atoms with Crippen molar-refractivity contribution in [3.63, 3.8) is 0 Å². The minimum absolute atomic E-state index is 0.0520. The second kappa shape index (κ2) is 5.75. The topological polar surface area (TPSA) is 104 Å². The average Bonchev–Trinajstić information content (AvgIpc) is 2.87. The Morgan fingerprint density at radius 3 is 2.76 bits per heavy atom. The summed E-state index contributed by atoms with van der Waals surface area (Å²) in [4.78, 5) is 25.0. The van der Waals surface area contributed by atoms with Crippen molar-refractivity contribution in [3.8, 4) is 0 Å². The molecular weight excluding hydrogens is 270 g/mol. The van der Waals surface area contributed by atoms with Crippen LogP contribution in [0, 0.1) is 5.92 Å². The number of urea groups is 1. The van der Waals surface area contributed by atoms with Crippen LogP contribution in [-0.2, 0) is 10.2 Å². The molecule has 1 aliphatic heterocycles. The Balaban J connectivity index is 1.98. The van der Waals surface area contributed by atoms with Gasteiger partial charge in [0.2, 0.25) is 5.91 Å². The predicted octanol–water partition coefficient (Wildman–Crippen LogP) is 1.44. The van der Waals surface area contributed by atoms with E-state index in [4.69, 9.17) is 5.73 Å². The maximum atomic E-state index is 12.3. The van der Waals surface area contributed by atoms with Gasteiger partial charge >= 0.3 is 6.03 Å². The molecule has 21 heavy (non-hydrogen) atoms. The van der Waals surface area contributed by atoms with Crippen molar-refractivity contribution in [3.05, 3.63) is 11.8 Å². The van der Waals surface area contributed by atoms with Gasteiger partial charge < -0.3 is 16.0 Å². The van der Waals surface area contributed by atoms with Crippen LogP contribution in [0.3, 0.4) is 0 Å². The first kappa shape index (κ1) is 15.3. The maximum Gasteiger partial charge on any atom is 0.314 e. The second-order valence-electron chi connectivity index (χ2n) is 6.53. The molecule has 2 heterocycles. The van der Waals surface area contributed by atoms with Gasteiger partial charge in [0.05, 0.1) is 5.92 Å². The van der Waals surface area contributed by atoms with Gasteiger partial charge in [-0.3, -0.25) is 9.89 Å². The molecule has 1 aliphatic rings. The summed E-state index contributed by atoms with van der Waals surface area (Å²) in [5, 5.41) is 9.84. The lowest BCUT2D eigenvalue weighted by atomic mass is 9.92. The van der Waals surface area contributed by atoms with Gasteiger partial charge in [0.15, 0.2) is 5.82 Å². The number of amides is 3. The molecule has 0 saturated carbocycles. The molecule has 1 saturated heterocycles. The minimum atomic E-state index is -0.470. The van der Waals surface area contributed by atoms with E-state index < -0.39 is 6.03 Å². The molecule has 0 spiro atoms. The quantitative estimate of drug-likeness (QED) is 0.768. The monoisotopic (exact) mass is 293 g/mol. The first-order chi connectivity index (χ1) is 9.77. The highest BCUT2D eigenvalue weighted by atomic mass is 16.2. The van der Waals surface area contributed by atoms with Crippen LogP contribution in [0.15, 0.2) is 6.07 Å². The number of H-pyrrole nitrogens is 1. The number of nitrogens with two attached hydrogens (primary N) is 1. The van der Waals surface area contributed by atoms with E-state index in [1.165, 1.54) is 4.90 Å². The fourth-order valence-electron chi connectivity index (χ4n) is 2.39. The van der Waals surface area contributed by atoms with E-state index in [1.807, 2.05) is 6.07 Å². The molecule has 7 nitrogen and oxygen atoms in total. The zero-order chi connectivity index (χ0) is 15.6. The van der Waals surface area contributed by atoms with Crippen LogP contribution in [0.5, 0.6) is 0 Å². The maximum absolute atomic E-state index is 12.3.